The summed E-state index contributed by atoms with van der Waals surface area (Å²) >= 11 is 0. The van der Waals surface area contributed by atoms with E-state index in [-0.39, 0.29) is 5.92 Å². The fraction of sp³-hybridized carbons (Fsp3) is 0.278. The Balaban J connectivity index is 1.32. The molecule has 1 aliphatic heterocycles. The molecule has 0 radical (unpaired) electrons. The number of nitrogens with zero attached hydrogens (tertiary/aromatic N) is 6. The van der Waals surface area contributed by atoms with E-state index in [1.54, 1.807) is 12.5 Å². The number of hydrogen-bond donors (Lipinski definition) is 1. The van der Waals surface area contributed by atoms with E-state index in [9.17, 15) is 0 Å². The van der Waals surface area contributed by atoms with Crippen molar-refractivity contribution in [1.29, 1.82) is 0 Å². The highest BCUT2D eigenvalue weighted by Gasteiger charge is 2.27. The molecule has 1 saturated heterocycles. The third-order valence-electron chi connectivity index (χ3n) is 4.84. The lowest BCUT2D eigenvalue weighted by molar-refractivity contribution is 0.329. The van der Waals surface area contributed by atoms with E-state index in [0.717, 1.165) is 54.2 Å². The summed E-state index contributed by atoms with van der Waals surface area (Å²) in [5.74, 6) is 2.58. The van der Waals surface area contributed by atoms with Crippen LogP contribution in [0.3, 0.4) is 0 Å². The van der Waals surface area contributed by atoms with Gasteiger partial charge in [0, 0.05) is 24.6 Å². The molecule has 5 rings (SSSR count). The molecule has 130 valence electrons. The molecule has 26 heavy (non-hydrogen) atoms. The molecule has 0 aliphatic carbocycles. The average molecular weight is 347 g/mol. The van der Waals surface area contributed by atoms with E-state index in [0.29, 0.717) is 5.82 Å². The smallest absolute Gasteiger partial charge is 0.230 e. The summed E-state index contributed by atoms with van der Waals surface area (Å²) in [6.45, 7) is 1.76. The van der Waals surface area contributed by atoms with Gasteiger partial charge in [0.25, 0.3) is 0 Å². The first kappa shape index (κ1) is 15.0. The van der Waals surface area contributed by atoms with Gasteiger partial charge in [-0.05, 0) is 12.8 Å². The fourth-order valence-corrected chi connectivity index (χ4v) is 3.45. The van der Waals surface area contributed by atoms with Crippen molar-refractivity contribution < 1.29 is 4.52 Å². The van der Waals surface area contributed by atoms with Crippen molar-refractivity contribution in [3.63, 3.8) is 0 Å². The van der Waals surface area contributed by atoms with Gasteiger partial charge in [0.1, 0.15) is 12.1 Å². The first-order chi connectivity index (χ1) is 12.9. The van der Waals surface area contributed by atoms with Gasteiger partial charge in [-0.25, -0.2) is 9.97 Å². The van der Waals surface area contributed by atoms with Gasteiger partial charge in [-0.3, -0.25) is 5.10 Å². The van der Waals surface area contributed by atoms with Crippen LogP contribution in [0.15, 0.2) is 47.4 Å². The van der Waals surface area contributed by atoms with Crippen LogP contribution in [0.1, 0.15) is 24.7 Å². The molecular formula is C18H17N7O. The molecule has 3 aromatic heterocycles. The summed E-state index contributed by atoms with van der Waals surface area (Å²) in [6.07, 6.45) is 5.24. The quantitative estimate of drug-likeness (QED) is 0.608. The number of aromatic amines is 1. The zero-order valence-corrected chi connectivity index (χ0v) is 14.0. The molecular weight excluding hydrogens is 330 g/mol. The predicted octanol–water partition coefficient (Wildman–Crippen LogP) is 2.79. The number of fused-ring (bicyclic) bond motifs is 1. The largest absolute Gasteiger partial charge is 0.356 e. The van der Waals surface area contributed by atoms with Gasteiger partial charge < -0.3 is 9.42 Å². The Morgan fingerprint density at radius 2 is 1.92 bits per heavy atom. The van der Waals surface area contributed by atoms with Crippen LogP contribution in [0.4, 0.5) is 5.82 Å². The first-order valence-electron chi connectivity index (χ1n) is 8.66. The number of hydrogen-bond acceptors (Lipinski definition) is 7. The van der Waals surface area contributed by atoms with E-state index in [2.05, 4.69) is 35.2 Å². The minimum atomic E-state index is 0.276. The lowest BCUT2D eigenvalue weighted by Gasteiger charge is -2.31. The van der Waals surface area contributed by atoms with E-state index < -0.39 is 0 Å². The zero-order valence-electron chi connectivity index (χ0n) is 14.0. The summed E-state index contributed by atoms with van der Waals surface area (Å²) in [5.41, 5.74) is 1.74. The normalized spacial score (nSPS) is 15.6. The maximum absolute atomic E-state index is 5.54. The topological polar surface area (TPSA) is 96.6 Å². The molecule has 0 bridgehead atoms. The standard InChI is InChI=1S/C18H17N7O/c1-2-4-12(5-3-1)15-22-18(26-24-15)13-6-8-25(9-7-13)17-14-10-21-23-16(14)19-11-20-17/h1-5,10-11,13H,6-9H2,(H,19,20,21,23). The monoisotopic (exact) mass is 347 g/mol. The van der Waals surface area contributed by atoms with Gasteiger partial charge in [0.2, 0.25) is 11.7 Å². The van der Waals surface area contributed by atoms with Crippen LogP contribution in [-0.4, -0.2) is 43.4 Å². The molecule has 1 N–H and O–H groups in total. The Hall–Kier alpha value is -3.29. The molecule has 0 amide bonds. The number of anilines is 1. The molecule has 1 aliphatic rings. The first-order valence-corrected chi connectivity index (χ1v) is 8.66. The lowest BCUT2D eigenvalue weighted by Crippen LogP contribution is -2.33. The number of nitrogens with one attached hydrogen (secondary N) is 1. The van der Waals surface area contributed by atoms with Crippen molar-refractivity contribution in [1.82, 2.24) is 30.3 Å². The third kappa shape index (κ3) is 2.59. The summed E-state index contributed by atoms with van der Waals surface area (Å²) in [4.78, 5) is 15.5. The number of piperidine rings is 1. The zero-order chi connectivity index (χ0) is 17.3. The average Bonchev–Trinajstić information content (AvgIpc) is 3.38. The number of benzene rings is 1. The van der Waals surface area contributed by atoms with Crippen LogP contribution in [0.2, 0.25) is 0 Å². The Morgan fingerprint density at radius 3 is 2.77 bits per heavy atom. The molecule has 0 saturated carbocycles. The maximum Gasteiger partial charge on any atom is 0.230 e. The van der Waals surface area contributed by atoms with Crippen molar-refractivity contribution in [2.45, 2.75) is 18.8 Å². The highest BCUT2D eigenvalue weighted by Crippen LogP contribution is 2.31. The second-order valence-electron chi connectivity index (χ2n) is 6.41. The fourth-order valence-electron chi connectivity index (χ4n) is 3.45. The lowest BCUT2D eigenvalue weighted by atomic mass is 9.96. The molecule has 1 aromatic carbocycles. The minimum Gasteiger partial charge on any atom is -0.356 e. The van der Waals surface area contributed by atoms with Crippen molar-refractivity contribution in [2.24, 2.45) is 0 Å². The maximum atomic E-state index is 5.54. The Labute approximate surface area is 149 Å². The van der Waals surface area contributed by atoms with Crippen molar-refractivity contribution in [2.75, 3.05) is 18.0 Å². The van der Waals surface area contributed by atoms with Crippen LogP contribution in [0.25, 0.3) is 22.4 Å². The van der Waals surface area contributed by atoms with Gasteiger partial charge >= 0.3 is 0 Å². The molecule has 4 heterocycles. The molecule has 0 spiro atoms. The van der Waals surface area contributed by atoms with Crippen LogP contribution in [0, 0.1) is 0 Å². The minimum absolute atomic E-state index is 0.276. The highest BCUT2D eigenvalue weighted by atomic mass is 16.5. The summed E-state index contributed by atoms with van der Waals surface area (Å²) < 4.78 is 5.54. The van der Waals surface area contributed by atoms with Crippen LogP contribution in [0.5, 0.6) is 0 Å². The van der Waals surface area contributed by atoms with Crippen molar-refractivity contribution in [3.05, 3.63) is 48.7 Å². The number of H-pyrrole nitrogens is 1. The van der Waals surface area contributed by atoms with E-state index in [1.807, 2.05) is 30.3 Å². The van der Waals surface area contributed by atoms with Crippen molar-refractivity contribution in [3.8, 4) is 11.4 Å². The van der Waals surface area contributed by atoms with Gasteiger partial charge in [0.05, 0.1) is 11.6 Å². The van der Waals surface area contributed by atoms with E-state index >= 15 is 0 Å². The SMILES string of the molecule is c1ccc(-c2noc(C3CCN(c4ncnc5[nH]ncc45)CC3)n2)cc1. The Bertz CT molecular complexity index is 1020. The number of rotatable bonds is 3. The predicted molar refractivity (Wildman–Crippen MR) is 95.6 cm³/mol. The van der Waals surface area contributed by atoms with Gasteiger partial charge in [-0.15, -0.1) is 0 Å². The molecule has 8 nitrogen and oxygen atoms in total. The summed E-state index contributed by atoms with van der Waals surface area (Å²) in [7, 11) is 0. The third-order valence-corrected chi connectivity index (χ3v) is 4.84. The highest BCUT2D eigenvalue weighted by molar-refractivity contribution is 5.86. The van der Waals surface area contributed by atoms with Gasteiger partial charge in [0.15, 0.2) is 5.65 Å². The number of aromatic nitrogens is 6. The molecule has 0 atom stereocenters. The van der Waals surface area contributed by atoms with Gasteiger partial charge in [-0.2, -0.15) is 10.1 Å². The molecule has 0 unspecified atom stereocenters. The Kier molecular flexibility index (Phi) is 3.59. The summed E-state index contributed by atoms with van der Waals surface area (Å²) in [6, 6.07) is 9.90. The van der Waals surface area contributed by atoms with E-state index in [4.69, 9.17) is 4.52 Å². The molecule has 8 heteroatoms. The van der Waals surface area contributed by atoms with Crippen LogP contribution < -0.4 is 4.90 Å². The second-order valence-corrected chi connectivity index (χ2v) is 6.41. The second kappa shape index (κ2) is 6.21. The summed E-state index contributed by atoms with van der Waals surface area (Å²) in [5, 5.41) is 12.0. The Morgan fingerprint density at radius 1 is 1.08 bits per heavy atom. The molecule has 1 fully saturated rings. The molecule has 4 aromatic rings. The van der Waals surface area contributed by atoms with Crippen LogP contribution in [-0.2, 0) is 0 Å². The van der Waals surface area contributed by atoms with E-state index in [1.165, 1.54) is 0 Å². The van der Waals surface area contributed by atoms with Crippen LogP contribution >= 0.6 is 0 Å². The van der Waals surface area contributed by atoms with Crippen molar-refractivity contribution >= 4 is 16.9 Å². The van der Waals surface area contributed by atoms with Gasteiger partial charge in [-0.1, -0.05) is 35.5 Å².